The van der Waals surface area contributed by atoms with Crippen LogP contribution in [0.2, 0.25) is 0 Å². The summed E-state index contributed by atoms with van der Waals surface area (Å²) >= 11 is 0. The molecule has 1 aliphatic heterocycles. The van der Waals surface area contributed by atoms with Crippen LogP contribution in [0.4, 0.5) is 0 Å². The number of aromatic hydroxyl groups is 2. The summed E-state index contributed by atoms with van der Waals surface area (Å²) < 4.78 is 0. The predicted octanol–water partition coefficient (Wildman–Crippen LogP) is 4.00. The molecule has 2 N–H and O–H groups in total. The minimum absolute atomic E-state index is 0.0973. The van der Waals surface area contributed by atoms with Crippen LogP contribution in [0.25, 0.3) is 0 Å². The van der Waals surface area contributed by atoms with Crippen LogP contribution in [-0.4, -0.2) is 52.7 Å². The van der Waals surface area contributed by atoms with Gasteiger partial charge in [-0.1, -0.05) is 25.5 Å². The van der Waals surface area contributed by atoms with Gasteiger partial charge < -0.3 is 15.1 Å². The first-order chi connectivity index (χ1) is 12.4. The van der Waals surface area contributed by atoms with Crippen LogP contribution < -0.4 is 0 Å². The third kappa shape index (κ3) is 3.91. The molecule has 1 aromatic carbocycles. The van der Waals surface area contributed by atoms with Crippen molar-refractivity contribution in [1.82, 2.24) is 9.80 Å². The molecule has 2 aliphatic rings. The fraction of sp³-hybridized carbons (Fsp3) is 0.636. The van der Waals surface area contributed by atoms with Gasteiger partial charge in [-0.3, -0.25) is 4.90 Å². The van der Waals surface area contributed by atoms with Gasteiger partial charge in [-0.15, -0.1) is 0 Å². The van der Waals surface area contributed by atoms with Crippen LogP contribution >= 0.6 is 0 Å². The van der Waals surface area contributed by atoms with E-state index in [1.165, 1.54) is 5.57 Å². The Kier molecular flexibility index (Phi) is 5.93. The van der Waals surface area contributed by atoms with E-state index in [4.69, 9.17) is 0 Å². The Balaban J connectivity index is 1.88. The number of nitrogens with zero attached hydrogens (tertiary/aromatic N) is 2. The van der Waals surface area contributed by atoms with Crippen LogP contribution in [-0.2, 0) is 6.54 Å². The molecule has 1 aliphatic carbocycles. The molecule has 0 spiro atoms. The summed E-state index contributed by atoms with van der Waals surface area (Å²) in [5, 5.41) is 21.7. The summed E-state index contributed by atoms with van der Waals surface area (Å²) in [5.41, 5.74) is 4.03. The zero-order chi connectivity index (χ0) is 18.8. The lowest BCUT2D eigenvalue weighted by molar-refractivity contribution is 0.131. The van der Waals surface area contributed by atoms with Crippen LogP contribution in [0.5, 0.6) is 11.5 Å². The highest BCUT2D eigenvalue weighted by atomic mass is 16.3. The highest BCUT2D eigenvalue weighted by molar-refractivity contribution is 5.56. The van der Waals surface area contributed by atoms with Gasteiger partial charge in [-0.2, -0.15) is 0 Å². The first kappa shape index (κ1) is 19.2. The zero-order valence-electron chi connectivity index (χ0n) is 16.8. The number of rotatable bonds is 4. The Morgan fingerprint density at radius 2 is 1.73 bits per heavy atom. The summed E-state index contributed by atoms with van der Waals surface area (Å²) in [7, 11) is 0. The van der Waals surface area contributed by atoms with Crippen LogP contribution in [0.1, 0.15) is 56.2 Å². The second-order valence-electron chi connectivity index (χ2n) is 8.22. The number of benzene rings is 1. The SMILES string of the molecule is CCN1CCN(Cc2c(C)cc(O)c([C@@H]3C=C(C)CC[C@H]3C)c2O)CC1. The van der Waals surface area contributed by atoms with Gasteiger partial charge in [-0.25, -0.2) is 0 Å². The number of allylic oxidation sites excluding steroid dienone is 2. The topological polar surface area (TPSA) is 46.9 Å². The fourth-order valence-corrected chi connectivity index (χ4v) is 4.41. The summed E-state index contributed by atoms with van der Waals surface area (Å²) in [6, 6.07) is 1.84. The van der Waals surface area contributed by atoms with Gasteiger partial charge >= 0.3 is 0 Å². The van der Waals surface area contributed by atoms with E-state index in [-0.39, 0.29) is 11.7 Å². The first-order valence-corrected chi connectivity index (χ1v) is 10.1. The number of phenolic OH excluding ortho intramolecular Hbond substituents is 2. The Morgan fingerprint density at radius 3 is 2.38 bits per heavy atom. The molecule has 0 amide bonds. The molecule has 4 nitrogen and oxygen atoms in total. The Morgan fingerprint density at radius 1 is 1.08 bits per heavy atom. The van der Waals surface area contributed by atoms with Crippen molar-refractivity contribution in [2.24, 2.45) is 5.92 Å². The highest BCUT2D eigenvalue weighted by Crippen LogP contribution is 2.46. The molecule has 0 radical (unpaired) electrons. The smallest absolute Gasteiger partial charge is 0.127 e. The molecule has 1 saturated heterocycles. The molecule has 0 saturated carbocycles. The lowest BCUT2D eigenvalue weighted by atomic mass is 9.77. The van der Waals surface area contributed by atoms with Gasteiger partial charge in [0.2, 0.25) is 0 Å². The van der Waals surface area contributed by atoms with Crippen molar-refractivity contribution in [1.29, 1.82) is 0 Å². The Labute approximate surface area is 158 Å². The van der Waals surface area contributed by atoms with E-state index in [1.807, 2.05) is 13.0 Å². The second kappa shape index (κ2) is 8.01. The summed E-state index contributed by atoms with van der Waals surface area (Å²) in [4.78, 5) is 4.88. The maximum Gasteiger partial charge on any atom is 0.127 e. The van der Waals surface area contributed by atoms with E-state index in [0.29, 0.717) is 11.7 Å². The summed E-state index contributed by atoms with van der Waals surface area (Å²) in [5.74, 6) is 1.07. The van der Waals surface area contributed by atoms with Gasteiger partial charge in [0.25, 0.3) is 0 Å². The average molecular weight is 359 g/mol. The number of likely N-dealkylation sites (N-methyl/N-ethyl adjacent to an activating group) is 1. The van der Waals surface area contributed by atoms with E-state index in [9.17, 15) is 10.2 Å². The molecular weight excluding hydrogens is 324 g/mol. The number of hydrogen-bond acceptors (Lipinski definition) is 4. The van der Waals surface area contributed by atoms with E-state index < -0.39 is 0 Å². The quantitative estimate of drug-likeness (QED) is 0.799. The van der Waals surface area contributed by atoms with Crippen LogP contribution in [0, 0.1) is 12.8 Å². The first-order valence-electron chi connectivity index (χ1n) is 10.1. The maximum absolute atomic E-state index is 11.1. The van der Waals surface area contributed by atoms with Crippen molar-refractivity contribution < 1.29 is 10.2 Å². The molecule has 2 atom stereocenters. The normalized spacial score (nSPS) is 25.3. The summed E-state index contributed by atoms with van der Waals surface area (Å²) in [6.07, 6.45) is 4.45. The van der Waals surface area contributed by atoms with E-state index >= 15 is 0 Å². The van der Waals surface area contributed by atoms with Gasteiger partial charge in [0.05, 0.1) is 0 Å². The van der Waals surface area contributed by atoms with Crippen molar-refractivity contribution in [2.75, 3.05) is 32.7 Å². The minimum atomic E-state index is 0.0973. The van der Waals surface area contributed by atoms with Crippen LogP contribution in [0.15, 0.2) is 17.7 Å². The van der Waals surface area contributed by atoms with Crippen molar-refractivity contribution in [2.45, 2.75) is 53.0 Å². The molecule has 0 bridgehead atoms. The number of piperazine rings is 1. The molecule has 3 rings (SSSR count). The van der Waals surface area contributed by atoms with Crippen molar-refractivity contribution in [3.05, 3.63) is 34.4 Å². The third-order valence-corrected chi connectivity index (χ3v) is 6.34. The second-order valence-corrected chi connectivity index (χ2v) is 8.22. The monoisotopic (exact) mass is 358 g/mol. The maximum atomic E-state index is 11.1. The van der Waals surface area contributed by atoms with E-state index in [1.54, 1.807) is 0 Å². The predicted molar refractivity (Wildman–Crippen MR) is 107 cm³/mol. The largest absolute Gasteiger partial charge is 0.507 e. The van der Waals surface area contributed by atoms with Gasteiger partial charge in [-0.05, 0) is 50.8 Å². The van der Waals surface area contributed by atoms with Gasteiger partial charge in [0.1, 0.15) is 11.5 Å². The number of hydrogen-bond donors (Lipinski definition) is 2. The van der Waals surface area contributed by atoms with E-state index in [0.717, 1.165) is 68.8 Å². The molecule has 0 aromatic heterocycles. The standard InChI is InChI=1S/C22H34N2O2/c1-5-23-8-10-24(11-9-23)14-19-17(4)13-20(25)21(22(19)26)18-12-15(2)6-7-16(18)3/h12-13,16,18,25-26H,5-11,14H2,1-4H3/t16-,18-/m1/s1. The Hall–Kier alpha value is -1.52. The van der Waals surface area contributed by atoms with Crippen LogP contribution in [0.3, 0.4) is 0 Å². The molecule has 1 fully saturated rings. The lowest BCUT2D eigenvalue weighted by Crippen LogP contribution is -2.45. The lowest BCUT2D eigenvalue weighted by Gasteiger charge is -2.35. The third-order valence-electron chi connectivity index (χ3n) is 6.34. The minimum Gasteiger partial charge on any atom is -0.507 e. The van der Waals surface area contributed by atoms with Gasteiger partial charge in [0, 0.05) is 49.8 Å². The summed E-state index contributed by atoms with van der Waals surface area (Å²) in [6.45, 7) is 14.7. The molecular formula is C22H34N2O2. The molecule has 144 valence electrons. The molecule has 1 heterocycles. The van der Waals surface area contributed by atoms with Gasteiger partial charge in [0.15, 0.2) is 0 Å². The average Bonchev–Trinajstić information content (AvgIpc) is 2.62. The molecule has 1 aromatic rings. The zero-order valence-corrected chi connectivity index (χ0v) is 16.8. The van der Waals surface area contributed by atoms with Crippen molar-refractivity contribution in [3.8, 4) is 11.5 Å². The fourth-order valence-electron chi connectivity index (χ4n) is 4.41. The van der Waals surface area contributed by atoms with Crippen molar-refractivity contribution >= 4 is 0 Å². The molecule has 0 unspecified atom stereocenters. The number of phenols is 2. The Bertz CT molecular complexity index is 675. The number of aryl methyl sites for hydroxylation is 1. The van der Waals surface area contributed by atoms with E-state index in [2.05, 4.69) is 36.6 Å². The molecule has 4 heteroatoms. The molecule has 26 heavy (non-hydrogen) atoms. The van der Waals surface area contributed by atoms with Crippen molar-refractivity contribution in [3.63, 3.8) is 0 Å². The highest BCUT2D eigenvalue weighted by Gasteiger charge is 2.29.